The summed E-state index contributed by atoms with van der Waals surface area (Å²) in [5.41, 5.74) is 0.0396. The highest BCUT2D eigenvalue weighted by molar-refractivity contribution is 6.01. The summed E-state index contributed by atoms with van der Waals surface area (Å²) in [6, 6.07) is 1.72. The Morgan fingerprint density at radius 1 is 1.46 bits per heavy atom. The van der Waals surface area contributed by atoms with Gasteiger partial charge in [-0.1, -0.05) is 0 Å². The van der Waals surface area contributed by atoms with Gasteiger partial charge in [0.15, 0.2) is 5.78 Å². The molecule has 0 bridgehead atoms. The van der Waals surface area contributed by atoms with E-state index in [4.69, 9.17) is 0 Å². The second-order valence-electron chi connectivity index (χ2n) is 3.64. The molecule has 0 atom stereocenters. The Kier molecular flexibility index (Phi) is 2.48. The van der Waals surface area contributed by atoms with Crippen molar-refractivity contribution >= 4 is 5.78 Å². The summed E-state index contributed by atoms with van der Waals surface area (Å²) in [6.07, 6.45) is 3.13. The van der Waals surface area contributed by atoms with E-state index < -0.39 is 5.60 Å². The lowest BCUT2D eigenvalue weighted by molar-refractivity contribution is 0.0487. The fraction of sp³-hybridized carbons (Fsp3) is 0.400. The predicted molar refractivity (Wildman–Crippen MR) is 49.6 cm³/mol. The molecule has 0 aliphatic rings. The number of Topliss-reactive ketones (excluding diaryl/α,β-unsaturated/α-hetero) is 1. The van der Waals surface area contributed by atoms with Gasteiger partial charge in [0.25, 0.3) is 0 Å². The monoisotopic (exact) mass is 179 g/mol. The number of pyridine rings is 1. The van der Waals surface area contributed by atoms with Crippen molar-refractivity contribution in [1.29, 1.82) is 0 Å². The molecule has 0 amide bonds. The van der Waals surface area contributed by atoms with Crippen LogP contribution in [0.4, 0.5) is 0 Å². The first kappa shape index (κ1) is 9.86. The van der Waals surface area contributed by atoms with Gasteiger partial charge in [-0.25, -0.2) is 0 Å². The molecule has 3 nitrogen and oxygen atoms in total. The van der Waals surface area contributed by atoms with Gasteiger partial charge in [-0.15, -0.1) is 0 Å². The third-order valence-corrected chi connectivity index (χ3v) is 1.69. The van der Waals surface area contributed by atoms with E-state index in [1.807, 2.05) is 6.92 Å². The fourth-order valence-corrected chi connectivity index (χ4v) is 1.03. The number of hydrogen-bond donors (Lipinski definition) is 1. The quantitative estimate of drug-likeness (QED) is 0.697. The average molecular weight is 179 g/mol. The van der Waals surface area contributed by atoms with Crippen molar-refractivity contribution in [3.8, 4) is 0 Å². The molecule has 1 N–H and O–H groups in total. The van der Waals surface area contributed by atoms with Gasteiger partial charge in [0.05, 0.1) is 0 Å². The molecule has 0 aliphatic carbocycles. The SMILES string of the molecule is Cc1cncc(C(=O)C(C)(C)O)c1. The van der Waals surface area contributed by atoms with Crippen molar-refractivity contribution in [3.05, 3.63) is 29.6 Å². The Hall–Kier alpha value is -1.22. The largest absolute Gasteiger partial charge is 0.382 e. The lowest BCUT2D eigenvalue weighted by Gasteiger charge is -2.15. The normalized spacial score (nSPS) is 11.4. The molecule has 1 aromatic heterocycles. The van der Waals surface area contributed by atoms with E-state index in [0.29, 0.717) is 5.56 Å². The van der Waals surface area contributed by atoms with Gasteiger partial charge in [0.1, 0.15) is 5.60 Å². The summed E-state index contributed by atoms with van der Waals surface area (Å²) in [7, 11) is 0. The van der Waals surface area contributed by atoms with E-state index in [9.17, 15) is 9.90 Å². The van der Waals surface area contributed by atoms with Crippen LogP contribution in [0.1, 0.15) is 29.8 Å². The van der Waals surface area contributed by atoms with Crippen LogP contribution in [-0.2, 0) is 0 Å². The zero-order valence-corrected chi connectivity index (χ0v) is 8.03. The molecule has 0 spiro atoms. The van der Waals surface area contributed by atoms with Crippen LogP contribution in [-0.4, -0.2) is 21.5 Å². The van der Waals surface area contributed by atoms with E-state index in [-0.39, 0.29) is 5.78 Å². The summed E-state index contributed by atoms with van der Waals surface area (Å²) >= 11 is 0. The highest BCUT2D eigenvalue weighted by Crippen LogP contribution is 2.12. The summed E-state index contributed by atoms with van der Waals surface area (Å²) in [5.74, 6) is -0.302. The van der Waals surface area contributed by atoms with Gasteiger partial charge in [-0.2, -0.15) is 0 Å². The summed E-state index contributed by atoms with van der Waals surface area (Å²) < 4.78 is 0. The van der Waals surface area contributed by atoms with Crippen LogP contribution in [0.5, 0.6) is 0 Å². The number of hydrogen-bond acceptors (Lipinski definition) is 3. The van der Waals surface area contributed by atoms with E-state index in [2.05, 4.69) is 4.98 Å². The molecule has 70 valence electrons. The zero-order chi connectivity index (χ0) is 10.1. The molecule has 1 heterocycles. The Bertz CT molecular complexity index is 326. The maximum absolute atomic E-state index is 11.5. The maximum Gasteiger partial charge on any atom is 0.195 e. The van der Waals surface area contributed by atoms with Crippen LogP contribution in [0, 0.1) is 6.92 Å². The maximum atomic E-state index is 11.5. The first-order valence-corrected chi connectivity index (χ1v) is 4.10. The van der Waals surface area contributed by atoms with Crippen LogP contribution < -0.4 is 0 Å². The lowest BCUT2D eigenvalue weighted by Crippen LogP contribution is -2.31. The average Bonchev–Trinajstić information content (AvgIpc) is 2.01. The van der Waals surface area contributed by atoms with Gasteiger partial charge in [-0.3, -0.25) is 9.78 Å². The molecule has 1 aromatic rings. The number of aliphatic hydroxyl groups is 1. The van der Waals surface area contributed by atoms with Crippen LogP contribution in [0.3, 0.4) is 0 Å². The first-order chi connectivity index (χ1) is 5.91. The van der Waals surface area contributed by atoms with Gasteiger partial charge < -0.3 is 5.11 Å². The number of ketones is 1. The number of carbonyl (C=O) groups excluding carboxylic acids is 1. The van der Waals surface area contributed by atoms with Gasteiger partial charge in [0.2, 0.25) is 0 Å². The molecular weight excluding hydrogens is 166 g/mol. The van der Waals surface area contributed by atoms with Gasteiger partial charge in [0, 0.05) is 18.0 Å². The second-order valence-corrected chi connectivity index (χ2v) is 3.64. The number of rotatable bonds is 2. The topological polar surface area (TPSA) is 50.2 Å². The molecule has 0 unspecified atom stereocenters. The van der Waals surface area contributed by atoms with E-state index in [1.165, 1.54) is 20.0 Å². The highest BCUT2D eigenvalue weighted by Gasteiger charge is 2.25. The smallest absolute Gasteiger partial charge is 0.195 e. The lowest BCUT2D eigenvalue weighted by atomic mass is 9.97. The van der Waals surface area contributed by atoms with E-state index >= 15 is 0 Å². The molecule has 13 heavy (non-hydrogen) atoms. The minimum Gasteiger partial charge on any atom is -0.382 e. The number of carbonyl (C=O) groups is 1. The molecule has 0 aliphatic heterocycles. The van der Waals surface area contributed by atoms with Crippen LogP contribution in [0.2, 0.25) is 0 Å². The van der Waals surface area contributed by atoms with Crippen molar-refractivity contribution < 1.29 is 9.90 Å². The van der Waals surface area contributed by atoms with E-state index in [1.54, 1.807) is 12.3 Å². The van der Waals surface area contributed by atoms with Crippen molar-refractivity contribution in [2.75, 3.05) is 0 Å². The van der Waals surface area contributed by atoms with Gasteiger partial charge >= 0.3 is 0 Å². The van der Waals surface area contributed by atoms with Crippen molar-refractivity contribution in [2.24, 2.45) is 0 Å². The van der Waals surface area contributed by atoms with Crippen molar-refractivity contribution in [2.45, 2.75) is 26.4 Å². The molecule has 0 fully saturated rings. The molecule has 0 saturated carbocycles. The van der Waals surface area contributed by atoms with Gasteiger partial charge in [-0.05, 0) is 32.4 Å². The summed E-state index contributed by atoms with van der Waals surface area (Å²) in [5, 5.41) is 9.45. The summed E-state index contributed by atoms with van der Waals surface area (Å²) in [4.78, 5) is 15.4. The second kappa shape index (κ2) is 3.26. The minimum atomic E-state index is -1.32. The Morgan fingerprint density at radius 2 is 2.08 bits per heavy atom. The molecular formula is C10H13NO2. The Morgan fingerprint density at radius 3 is 2.54 bits per heavy atom. The molecule has 0 saturated heterocycles. The number of aromatic nitrogens is 1. The third-order valence-electron chi connectivity index (χ3n) is 1.69. The highest BCUT2D eigenvalue weighted by atomic mass is 16.3. The number of aryl methyl sites for hydroxylation is 1. The summed E-state index contributed by atoms with van der Waals surface area (Å²) in [6.45, 7) is 4.80. The predicted octanol–water partition coefficient (Wildman–Crippen LogP) is 1.34. The van der Waals surface area contributed by atoms with Crippen molar-refractivity contribution in [1.82, 2.24) is 4.98 Å². The Labute approximate surface area is 77.4 Å². The van der Waals surface area contributed by atoms with Crippen LogP contribution in [0.25, 0.3) is 0 Å². The standard InChI is InChI=1S/C10H13NO2/c1-7-4-8(6-11-5-7)9(12)10(2,3)13/h4-6,13H,1-3H3. The first-order valence-electron chi connectivity index (χ1n) is 4.10. The van der Waals surface area contributed by atoms with E-state index in [0.717, 1.165) is 5.56 Å². The molecule has 0 aromatic carbocycles. The third kappa shape index (κ3) is 2.36. The van der Waals surface area contributed by atoms with Crippen molar-refractivity contribution in [3.63, 3.8) is 0 Å². The van der Waals surface area contributed by atoms with Crippen LogP contribution in [0.15, 0.2) is 18.5 Å². The molecule has 1 rings (SSSR count). The molecule has 3 heteroatoms. The fourth-order valence-electron chi connectivity index (χ4n) is 1.03. The molecule has 0 radical (unpaired) electrons. The van der Waals surface area contributed by atoms with Crippen LogP contribution >= 0.6 is 0 Å². The minimum absolute atomic E-state index is 0.302. The Balaban J connectivity index is 3.03. The zero-order valence-electron chi connectivity index (χ0n) is 8.03. The number of nitrogens with zero attached hydrogens (tertiary/aromatic N) is 1.